The lowest BCUT2D eigenvalue weighted by Gasteiger charge is -2.28. The number of nitrogens with zero attached hydrogens (tertiary/aromatic N) is 2. The summed E-state index contributed by atoms with van der Waals surface area (Å²) >= 11 is 0. The van der Waals surface area contributed by atoms with Gasteiger partial charge in [0, 0.05) is 45.0 Å². The molecular formula is C74H64N2. The minimum absolute atomic E-state index is 0.158. The number of benzene rings is 10. The van der Waals surface area contributed by atoms with Crippen LogP contribution in [0.3, 0.4) is 0 Å². The van der Waals surface area contributed by atoms with E-state index in [0.29, 0.717) is 0 Å². The number of hydrogen-bond donors (Lipinski definition) is 0. The normalized spacial score (nSPS) is 13.6. The predicted octanol–water partition coefficient (Wildman–Crippen LogP) is 20.5. The molecule has 2 heteroatoms. The highest BCUT2D eigenvalue weighted by atomic mass is 15.1. The summed E-state index contributed by atoms with van der Waals surface area (Å²) in [5, 5.41) is 0. The van der Waals surface area contributed by atoms with Crippen LogP contribution in [0.4, 0.5) is 34.1 Å². The van der Waals surface area contributed by atoms with Crippen molar-refractivity contribution in [3.63, 3.8) is 0 Å². The second-order valence-corrected chi connectivity index (χ2v) is 22.3. The summed E-state index contributed by atoms with van der Waals surface area (Å²) in [5.74, 6) is 0. The molecule has 0 radical (unpaired) electrons. The van der Waals surface area contributed by atoms with E-state index in [9.17, 15) is 0 Å². The van der Waals surface area contributed by atoms with Gasteiger partial charge >= 0.3 is 0 Å². The van der Waals surface area contributed by atoms with Gasteiger partial charge in [-0.3, -0.25) is 0 Å². The van der Waals surface area contributed by atoms with Gasteiger partial charge in [-0.15, -0.1) is 0 Å². The maximum Gasteiger partial charge on any atom is 0.0465 e. The van der Waals surface area contributed by atoms with Crippen LogP contribution in [0.15, 0.2) is 218 Å². The lowest BCUT2D eigenvalue weighted by Crippen LogP contribution is -2.16. The van der Waals surface area contributed by atoms with E-state index in [4.69, 9.17) is 0 Å². The molecule has 0 aliphatic heterocycles. The number of fused-ring (bicyclic) bond motifs is 6. The molecule has 2 aliphatic carbocycles. The van der Waals surface area contributed by atoms with Gasteiger partial charge in [-0.1, -0.05) is 198 Å². The second-order valence-electron chi connectivity index (χ2n) is 22.3. The van der Waals surface area contributed by atoms with Crippen LogP contribution in [-0.4, -0.2) is 0 Å². The number of hydrogen-bond acceptors (Lipinski definition) is 2. The van der Waals surface area contributed by atoms with Crippen LogP contribution in [0.2, 0.25) is 0 Å². The van der Waals surface area contributed by atoms with E-state index in [0.717, 1.165) is 0 Å². The number of aryl methyl sites for hydroxylation is 4. The van der Waals surface area contributed by atoms with Crippen molar-refractivity contribution >= 4 is 58.4 Å². The van der Waals surface area contributed by atoms with E-state index in [1.54, 1.807) is 0 Å². The second kappa shape index (κ2) is 19.2. The molecule has 2 nitrogen and oxygen atoms in total. The van der Waals surface area contributed by atoms with E-state index in [1.165, 1.54) is 134 Å². The van der Waals surface area contributed by atoms with Crippen LogP contribution in [-0.2, 0) is 10.8 Å². The molecule has 0 amide bonds. The molecule has 0 unspecified atom stereocenters. The lowest BCUT2D eigenvalue weighted by molar-refractivity contribution is 0.660. The van der Waals surface area contributed by atoms with Crippen LogP contribution in [0, 0.1) is 27.7 Å². The largest absolute Gasteiger partial charge is 0.310 e. The van der Waals surface area contributed by atoms with Gasteiger partial charge in [0.1, 0.15) is 0 Å². The first kappa shape index (κ1) is 48.2. The Morgan fingerprint density at radius 2 is 0.526 bits per heavy atom. The minimum atomic E-state index is -0.158. The Kier molecular flexibility index (Phi) is 12.2. The van der Waals surface area contributed by atoms with Gasteiger partial charge in [0.2, 0.25) is 0 Å². The minimum Gasteiger partial charge on any atom is -0.310 e. The summed E-state index contributed by atoms with van der Waals surface area (Å²) in [6, 6.07) is 81.0. The molecule has 370 valence electrons. The molecule has 0 fully saturated rings. The van der Waals surface area contributed by atoms with Gasteiger partial charge in [0.15, 0.2) is 0 Å². The Bertz CT molecular complexity index is 3570. The first-order chi connectivity index (χ1) is 36.8. The van der Waals surface area contributed by atoms with Crippen molar-refractivity contribution in [1.82, 2.24) is 0 Å². The fraction of sp³-hybridized carbons (Fsp3) is 0.135. The van der Waals surface area contributed by atoms with E-state index in [2.05, 4.69) is 308 Å². The Morgan fingerprint density at radius 1 is 0.263 bits per heavy atom. The molecule has 0 spiro atoms. The van der Waals surface area contributed by atoms with Gasteiger partial charge in [0.05, 0.1) is 0 Å². The van der Waals surface area contributed by atoms with Crippen LogP contribution >= 0.6 is 0 Å². The highest BCUT2D eigenvalue weighted by molar-refractivity contribution is 5.89. The van der Waals surface area contributed by atoms with Crippen molar-refractivity contribution < 1.29 is 0 Å². The maximum absolute atomic E-state index is 2.42. The maximum atomic E-state index is 2.42. The fourth-order valence-electron chi connectivity index (χ4n) is 11.9. The zero-order valence-electron chi connectivity index (χ0n) is 45.0. The standard InChI is InChI=1S/C74H64N2/c1-49-13-9-17-59(41-49)75(60-18-10-14-50(2)42-60)63-35-39-67-65-37-29-55(45-69(65)73(5,6)71(67)47-63)23-21-53-25-31-57(32-26-53)58-33-27-54(28-34-58)22-24-56-30-38-66-68-40-36-64(48-72(68)74(7,8)70(66)46-56)76(61-19-11-15-51(3)43-61)62-20-12-16-52(4)44-62/h9-48H,1-8H3/b23-21+,24-22+. The fourth-order valence-corrected chi connectivity index (χ4v) is 11.9. The molecule has 12 rings (SSSR count). The van der Waals surface area contributed by atoms with E-state index >= 15 is 0 Å². The Balaban J connectivity index is 0.725. The van der Waals surface area contributed by atoms with Crippen molar-refractivity contribution in [3.8, 4) is 33.4 Å². The van der Waals surface area contributed by atoms with Crippen molar-refractivity contribution in [2.24, 2.45) is 0 Å². The van der Waals surface area contributed by atoms with Crippen molar-refractivity contribution in [1.29, 1.82) is 0 Å². The highest BCUT2D eigenvalue weighted by Gasteiger charge is 2.37. The van der Waals surface area contributed by atoms with Gasteiger partial charge in [-0.2, -0.15) is 0 Å². The molecule has 76 heavy (non-hydrogen) atoms. The summed E-state index contributed by atoms with van der Waals surface area (Å²) in [4.78, 5) is 4.79. The van der Waals surface area contributed by atoms with E-state index < -0.39 is 0 Å². The molecule has 0 bridgehead atoms. The monoisotopic (exact) mass is 981 g/mol. The third-order valence-corrected chi connectivity index (χ3v) is 16.0. The first-order valence-corrected chi connectivity index (χ1v) is 26.8. The summed E-state index contributed by atoms with van der Waals surface area (Å²) in [5.41, 5.74) is 29.6. The highest BCUT2D eigenvalue weighted by Crippen LogP contribution is 2.53. The van der Waals surface area contributed by atoms with Gasteiger partial charge in [0.25, 0.3) is 0 Å². The number of rotatable bonds is 11. The summed E-state index contributed by atoms with van der Waals surface area (Å²) < 4.78 is 0. The third-order valence-electron chi connectivity index (χ3n) is 16.0. The molecular weight excluding hydrogens is 917 g/mol. The van der Waals surface area contributed by atoms with Gasteiger partial charge in [-0.05, 0) is 201 Å². The summed E-state index contributed by atoms with van der Waals surface area (Å²) in [6.45, 7) is 18.1. The van der Waals surface area contributed by atoms with Crippen LogP contribution < -0.4 is 9.80 Å². The van der Waals surface area contributed by atoms with Crippen molar-refractivity contribution in [2.45, 2.75) is 66.2 Å². The quantitative estimate of drug-likeness (QED) is 0.119. The van der Waals surface area contributed by atoms with Crippen molar-refractivity contribution in [3.05, 3.63) is 285 Å². The molecule has 10 aromatic carbocycles. The summed E-state index contributed by atoms with van der Waals surface area (Å²) in [7, 11) is 0. The zero-order valence-corrected chi connectivity index (χ0v) is 45.0. The zero-order chi connectivity index (χ0) is 52.3. The number of anilines is 6. The molecule has 0 heterocycles. The average molecular weight is 981 g/mol. The Labute approximate surface area is 450 Å². The molecule has 0 N–H and O–H groups in total. The van der Waals surface area contributed by atoms with E-state index in [1.807, 2.05) is 0 Å². The average Bonchev–Trinajstić information content (AvgIpc) is 3.87. The SMILES string of the molecule is Cc1cccc(N(c2cccc(C)c2)c2ccc3c(c2)C(C)(C)c2cc(/C=C/c4ccc(-c5ccc(/C=C/c6ccc7c(c6)C(C)(C)c6cc(N(c8cccc(C)c8)c8cccc(C)c8)ccc6-7)cc5)cc4)ccc2-3)c1. The van der Waals surface area contributed by atoms with Gasteiger partial charge < -0.3 is 9.80 Å². The molecule has 2 aliphatic rings. The lowest BCUT2D eigenvalue weighted by atomic mass is 9.81. The topological polar surface area (TPSA) is 6.48 Å². The Morgan fingerprint density at radius 3 is 0.842 bits per heavy atom. The van der Waals surface area contributed by atoms with Crippen LogP contribution in [0.25, 0.3) is 57.7 Å². The smallest absolute Gasteiger partial charge is 0.0465 e. The molecule has 0 atom stereocenters. The summed E-state index contributed by atoms with van der Waals surface area (Å²) in [6.07, 6.45) is 8.97. The predicted molar refractivity (Wildman–Crippen MR) is 326 cm³/mol. The van der Waals surface area contributed by atoms with Crippen LogP contribution in [0.1, 0.15) is 94.5 Å². The molecule has 0 saturated carbocycles. The first-order valence-electron chi connectivity index (χ1n) is 26.8. The van der Waals surface area contributed by atoms with Crippen molar-refractivity contribution in [2.75, 3.05) is 9.80 Å². The molecule has 0 saturated heterocycles. The van der Waals surface area contributed by atoms with Crippen LogP contribution in [0.5, 0.6) is 0 Å². The van der Waals surface area contributed by atoms with E-state index in [-0.39, 0.29) is 10.8 Å². The molecule has 10 aromatic rings. The Hall–Kier alpha value is -8.72. The molecule has 0 aromatic heterocycles. The third kappa shape index (κ3) is 8.98. The van der Waals surface area contributed by atoms with Gasteiger partial charge in [-0.25, -0.2) is 0 Å².